The number of carbonyl (C=O) groups excluding carboxylic acids is 1. The first-order chi connectivity index (χ1) is 20.4. The van der Waals surface area contributed by atoms with Crippen molar-refractivity contribution in [3.05, 3.63) is 83.4 Å². The molecule has 3 aromatic rings. The molecule has 0 bridgehead atoms. The third-order valence-corrected chi connectivity index (χ3v) is 13.7. The zero-order chi connectivity index (χ0) is 32.9. The Hall–Kier alpha value is -2.73. The number of ether oxygens (including phenoxy) is 1. The molecule has 0 fully saturated rings. The van der Waals surface area contributed by atoms with E-state index in [2.05, 4.69) is 26.3 Å². The Labute approximate surface area is 268 Å². The van der Waals surface area contributed by atoms with Gasteiger partial charge < -0.3 is 9.26 Å². The first-order valence-electron chi connectivity index (χ1n) is 14.7. The average Bonchev–Trinajstić information content (AvgIpc) is 2.95. The number of benzene rings is 3. The van der Waals surface area contributed by atoms with Crippen LogP contribution in [0.3, 0.4) is 0 Å². The summed E-state index contributed by atoms with van der Waals surface area (Å²) in [7, 11) is -6.57. The molecular weight excluding hydrogens is 616 g/mol. The molecule has 240 valence electrons. The molecule has 8 nitrogen and oxygen atoms in total. The fraction of sp³-hybridized carbons (Fsp3) is 0.424. The van der Waals surface area contributed by atoms with E-state index < -0.39 is 42.3 Å². The molecule has 0 radical (unpaired) electrons. The second-order valence-electron chi connectivity index (χ2n) is 12.9. The Kier molecular flexibility index (Phi) is 11.8. The Morgan fingerprint density at radius 3 is 1.89 bits per heavy atom. The maximum Gasteiger partial charge on any atom is 0.265 e. The van der Waals surface area contributed by atoms with Crippen molar-refractivity contribution in [3.8, 4) is 16.9 Å². The molecule has 11 heteroatoms. The number of rotatable bonds is 13. The minimum absolute atomic E-state index is 0.00795. The number of halogens is 1. The van der Waals surface area contributed by atoms with Crippen molar-refractivity contribution >= 4 is 35.8 Å². The van der Waals surface area contributed by atoms with Gasteiger partial charge in [0.1, 0.15) is 18.4 Å². The van der Waals surface area contributed by atoms with Crippen LogP contribution in [0.2, 0.25) is 23.2 Å². The van der Waals surface area contributed by atoms with Crippen molar-refractivity contribution < 1.29 is 27.3 Å². The monoisotopic (exact) mass is 660 g/mol. The van der Waals surface area contributed by atoms with Crippen LogP contribution < -0.4 is 10.2 Å². The molecule has 44 heavy (non-hydrogen) atoms. The van der Waals surface area contributed by atoms with Crippen LogP contribution in [0, 0.1) is 5.92 Å². The lowest BCUT2D eigenvalue weighted by atomic mass is 10.1. The third-order valence-electron chi connectivity index (χ3n) is 7.55. The van der Waals surface area contributed by atoms with Crippen LogP contribution in [0.15, 0.2) is 77.7 Å². The number of nitrogens with zero attached hydrogens (tertiary/aromatic N) is 1. The molecule has 0 saturated heterocycles. The van der Waals surface area contributed by atoms with Gasteiger partial charge in [0, 0.05) is 5.02 Å². The van der Waals surface area contributed by atoms with Crippen LogP contribution in [0.25, 0.3) is 11.1 Å². The molecule has 0 aliphatic carbocycles. The van der Waals surface area contributed by atoms with Crippen LogP contribution >= 0.6 is 11.6 Å². The van der Waals surface area contributed by atoms with E-state index in [1.807, 2.05) is 61.6 Å². The molecule has 0 unspecified atom stereocenters. The van der Waals surface area contributed by atoms with Gasteiger partial charge in [0.2, 0.25) is 8.32 Å². The van der Waals surface area contributed by atoms with Crippen molar-refractivity contribution in [2.75, 3.05) is 0 Å². The number of hydroxylamine groups is 2. The highest BCUT2D eigenvalue weighted by Gasteiger charge is 2.43. The van der Waals surface area contributed by atoms with Crippen molar-refractivity contribution in [3.63, 3.8) is 0 Å². The molecule has 0 saturated carbocycles. The number of hydrogen-bond donors (Lipinski definition) is 1. The second-order valence-corrected chi connectivity index (χ2v) is 19.8. The van der Waals surface area contributed by atoms with Gasteiger partial charge in [-0.2, -0.15) is 0 Å². The van der Waals surface area contributed by atoms with Crippen LogP contribution in [0.5, 0.6) is 5.75 Å². The molecule has 3 aromatic carbocycles. The first kappa shape index (κ1) is 35.7. The molecule has 0 aliphatic heterocycles. The largest absolute Gasteiger partial charge is 0.489 e. The molecule has 0 aromatic heterocycles. The average molecular weight is 661 g/mol. The van der Waals surface area contributed by atoms with Crippen molar-refractivity contribution in [2.24, 2.45) is 5.92 Å². The number of nitrogens with one attached hydrogen (secondary N) is 1. The van der Waals surface area contributed by atoms with E-state index in [4.69, 9.17) is 25.7 Å². The smallest absolute Gasteiger partial charge is 0.265 e. The summed E-state index contributed by atoms with van der Waals surface area (Å²) in [5.41, 5.74) is 5.29. The standard InChI is InChI=1S/C33H45ClN2O6SSi/c1-23(2)31(32(37)35-42-44(8,9)33(5,6)7)36(41-24(3)4)43(38,39)30-20-14-27(15-21-30)26-12-18-29(19-13-26)40-22-25-10-16-28(34)17-11-25/h10-21,23-24,31H,22H2,1-9H3,(H,35,37)/t31-/m1/s1. The molecule has 1 N–H and O–H groups in total. The van der Waals surface area contributed by atoms with Gasteiger partial charge in [-0.05, 0) is 91.0 Å². The van der Waals surface area contributed by atoms with Crippen LogP contribution in [-0.2, 0) is 30.8 Å². The van der Waals surface area contributed by atoms with E-state index in [1.165, 1.54) is 12.1 Å². The summed E-state index contributed by atoms with van der Waals surface area (Å²) in [5, 5.41) is 0.523. The zero-order valence-electron chi connectivity index (χ0n) is 27.1. The molecule has 1 amide bonds. The van der Waals surface area contributed by atoms with Crippen LogP contribution in [-0.4, -0.2) is 39.3 Å². The van der Waals surface area contributed by atoms with Gasteiger partial charge in [-0.25, -0.2) is 13.9 Å². The van der Waals surface area contributed by atoms with Crippen molar-refractivity contribution in [1.29, 1.82) is 0 Å². The number of carbonyl (C=O) groups is 1. The maximum absolute atomic E-state index is 13.9. The topological polar surface area (TPSA) is 94.2 Å². The van der Waals surface area contributed by atoms with E-state index >= 15 is 0 Å². The fourth-order valence-corrected chi connectivity index (χ4v) is 6.33. The molecular formula is C33H45ClN2O6SSi. The summed E-state index contributed by atoms with van der Waals surface area (Å²) in [6.45, 7) is 17.6. The fourth-order valence-electron chi connectivity index (χ4n) is 3.93. The first-order valence-corrected chi connectivity index (χ1v) is 19.4. The molecule has 0 heterocycles. The highest BCUT2D eigenvalue weighted by molar-refractivity contribution is 7.89. The van der Waals surface area contributed by atoms with Gasteiger partial charge in [-0.1, -0.05) is 87.1 Å². The van der Waals surface area contributed by atoms with Gasteiger partial charge in [-0.15, -0.1) is 0 Å². The molecule has 1 atom stereocenters. The Morgan fingerprint density at radius 1 is 0.886 bits per heavy atom. The minimum Gasteiger partial charge on any atom is -0.489 e. The normalized spacial score (nSPS) is 13.4. The summed E-state index contributed by atoms with van der Waals surface area (Å²) >= 11 is 5.95. The maximum atomic E-state index is 13.9. The number of hydrogen-bond acceptors (Lipinski definition) is 6. The van der Waals surface area contributed by atoms with E-state index in [0.29, 0.717) is 17.4 Å². The van der Waals surface area contributed by atoms with E-state index in [0.717, 1.165) is 21.2 Å². The third kappa shape index (κ3) is 9.15. The van der Waals surface area contributed by atoms with Crippen molar-refractivity contribution in [1.82, 2.24) is 9.95 Å². The summed E-state index contributed by atoms with van der Waals surface area (Å²) in [6.07, 6.45) is -0.500. The van der Waals surface area contributed by atoms with Gasteiger partial charge in [0.25, 0.3) is 15.9 Å². The molecule has 0 spiro atoms. The summed E-state index contributed by atoms with van der Waals surface area (Å²) in [6, 6.07) is 20.4. The SMILES string of the molecule is CC(C)ON([C@@H](C(=O)NO[Si](C)(C)C(C)(C)C)C(C)C)S(=O)(=O)c1ccc(-c2ccc(OCc3ccc(Cl)cc3)cc2)cc1. The Morgan fingerprint density at radius 2 is 1.41 bits per heavy atom. The second kappa shape index (κ2) is 14.6. The highest BCUT2D eigenvalue weighted by Crippen LogP contribution is 2.36. The predicted molar refractivity (Wildman–Crippen MR) is 178 cm³/mol. The highest BCUT2D eigenvalue weighted by atomic mass is 35.5. The molecule has 0 aliphatic rings. The lowest BCUT2D eigenvalue weighted by molar-refractivity contribution is -0.171. The summed E-state index contributed by atoms with van der Waals surface area (Å²) in [4.78, 5) is 19.3. The van der Waals surface area contributed by atoms with Gasteiger partial charge in [0.15, 0.2) is 0 Å². The number of amides is 1. The van der Waals surface area contributed by atoms with E-state index in [9.17, 15) is 13.2 Å². The lowest BCUT2D eigenvalue weighted by Crippen LogP contribution is -2.55. The predicted octanol–water partition coefficient (Wildman–Crippen LogP) is 7.99. The minimum atomic E-state index is -4.23. The summed E-state index contributed by atoms with van der Waals surface area (Å²) < 4.78 is 40.5. The van der Waals surface area contributed by atoms with Gasteiger partial charge in [-0.3, -0.25) is 9.63 Å². The van der Waals surface area contributed by atoms with E-state index in [-0.39, 0.29) is 9.93 Å². The Balaban J connectivity index is 1.80. The van der Waals surface area contributed by atoms with Gasteiger partial charge >= 0.3 is 0 Å². The quantitative estimate of drug-likeness (QED) is 0.148. The van der Waals surface area contributed by atoms with E-state index in [1.54, 1.807) is 39.8 Å². The molecule has 3 rings (SSSR count). The number of sulfonamides is 1. The van der Waals surface area contributed by atoms with Crippen LogP contribution in [0.4, 0.5) is 0 Å². The lowest BCUT2D eigenvalue weighted by Gasteiger charge is -2.37. The van der Waals surface area contributed by atoms with Crippen molar-refractivity contribution in [2.45, 2.75) is 90.2 Å². The zero-order valence-corrected chi connectivity index (χ0v) is 29.6. The van der Waals surface area contributed by atoms with Gasteiger partial charge in [0.05, 0.1) is 11.0 Å². The van der Waals surface area contributed by atoms with Crippen LogP contribution in [0.1, 0.15) is 54.0 Å². The summed E-state index contributed by atoms with van der Waals surface area (Å²) in [5.74, 6) is -0.282. The Bertz CT molecular complexity index is 1490.